The molecule has 9 heteroatoms. The standard InChI is InChI=1S/C25H31ClN2O6/c1-31-10-6-9-27-24(29)20-15-28(25(30)16-7-5-8-18(26)11-16)14-19(20)17-12-21(32-2)23(34-4)22(13-17)33-3/h5,7-8,11-13,19-20H,6,9-10,14-15H2,1-4H3,(H,27,29). The van der Waals surface area contributed by atoms with E-state index in [1.54, 1.807) is 50.5 Å². The summed E-state index contributed by atoms with van der Waals surface area (Å²) < 4.78 is 21.5. The maximum absolute atomic E-state index is 13.2. The van der Waals surface area contributed by atoms with Gasteiger partial charge in [-0.25, -0.2) is 0 Å². The molecule has 1 N–H and O–H groups in total. The Bertz CT molecular complexity index is 990. The van der Waals surface area contributed by atoms with Crippen molar-refractivity contribution in [2.75, 3.05) is 54.7 Å². The zero-order valence-electron chi connectivity index (χ0n) is 19.9. The highest BCUT2D eigenvalue weighted by Crippen LogP contribution is 2.43. The average Bonchev–Trinajstić information content (AvgIpc) is 3.30. The summed E-state index contributed by atoms with van der Waals surface area (Å²) >= 11 is 6.09. The van der Waals surface area contributed by atoms with Crippen LogP contribution < -0.4 is 19.5 Å². The molecule has 0 saturated carbocycles. The first kappa shape index (κ1) is 25.6. The second-order valence-corrected chi connectivity index (χ2v) is 8.47. The van der Waals surface area contributed by atoms with Crippen LogP contribution in [0.3, 0.4) is 0 Å². The van der Waals surface area contributed by atoms with Gasteiger partial charge < -0.3 is 29.2 Å². The third-order valence-corrected chi connectivity index (χ3v) is 6.19. The van der Waals surface area contributed by atoms with Gasteiger partial charge in [0.25, 0.3) is 5.91 Å². The largest absolute Gasteiger partial charge is 0.493 e. The van der Waals surface area contributed by atoms with E-state index in [1.165, 1.54) is 7.11 Å². The fraction of sp³-hybridized carbons (Fsp3) is 0.440. The van der Waals surface area contributed by atoms with Crippen molar-refractivity contribution in [1.82, 2.24) is 10.2 Å². The molecule has 2 atom stereocenters. The lowest BCUT2D eigenvalue weighted by atomic mass is 9.88. The van der Waals surface area contributed by atoms with E-state index >= 15 is 0 Å². The van der Waals surface area contributed by atoms with Crippen molar-refractivity contribution in [2.24, 2.45) is 5.92 Å². The number of amides is 2. The van der Waals surface area contributed by atoms with Gasteiger partial charge in [0.1, 0.15) is 0 Å². The van der Waals surface area contributed by atoms with Crippen molar-refractivity contribution in [1.29, 1.82) is 0 Å². The Balaban J connectivity index is 1.93. The van der Waals surface area contributed by atoms with E-state index in [1.807, 2.05) is 12.1 Å². The van der Waals surface area contributed by atoms with Crippen LogP contribution in [0, 0.1) is 5.92 Å². The lowest BCUT2D eigenvalue weighted by Gasteiger charge is -2.21. The van der Waals surface area contributed by atoms with Crippen molar-refractivity contribution in [3.05, 3.63) is 52.5 Å². The number of methoxy groups -OCH3 is 4. The molecule has 1 heterocycles. The fourth-order valence-corrected chi connectivity index (χ4v) is 4.44. The van der Waals surface area contributed by atoms with Gasteiger partial charge in [0.05, 0.1) is 27.2 Å². The van der Waals surface area contributed by atoms with Crippen molar-refractivity contribution in [3.8, 4) is 17.2 Å². The molecule has 1 saturated heterocycles. The van der Waals surface area contributed by atoms with Crippen molar-refractivity contribution >= 4 is 23.4 Å². The quantitative estimate of drug-likeness (QED) is 0.514. The molecular weight excluding hydrogens is 460 g/mol. The smallest absolute Gasteiger partial charge is 0.253 e. The SMILES string of the molecule is COCCCNC(=O)C1CN(C(=O)c2cccc(Cl)c2)CC1c1cc(OC)c(OC)c(OC)c1. The minimum atomic E-state index is -0.450. The molecule has 0 radical (unpaired) electrons. The second kappa shape index (κ2) is 11.9. The van der Waals surface area contributed by atoms with E-state index in [0.29, 0.717) is 54.0 Å². The molecule has 0 aromatic heterocycles. The van der Waals surface area contributed by atoms with Gasteiger partial charge in [0.2, 0.25) is 11.7 Å². The molecule has 34 heavy (non-hydrogen) atoms. The number of rotatable bonds is 10. The Morgan fingerprint density at radius 1 is 1.03 bits per heavy atom. The molecule has 2 aromatic rings. The van der Waals surface area contributed by atoms with Crippen LogP contribution in [0.15, 0.2) is 36.4 Å². The lowest BCUT2D eigenvalue weighted by molar-refractivity contribution is -0.125. The molecule has 0 bridgehead atoms. The first-order valence-electron chi connectivity index (χ1n) is 11.0. The molecule has 2 unspecified atom stereocenters. The van der Waals surface area contributed by atoms with E-state index in [9.17, 15) is 9.59 Å². The van der Waals surface area contributed by atoms with Crippen LogP contribution in [0.1, 0.15) is 28.3 Å². The monoisotopic (exact) mass is 490 g/mol. The first-order chi connectivity index (χ1) is 16.4. The van der Waals surface area contributed by atoms with Crippen LogP contribution in [0.5, 0.6) is 17.2 Å². The summed E-state index contributed by atoms with van der Waals surface area (Å²) in [7, 11) is 6.26. The number of ether oxygens (including phenoxy) is 4. The van der Waals surface area contributed by atoms with Gasteiger partial charge in [-0.2, -0.15) is 0 Å². The van der Waals surface area contributed by atoms with Gasteiger partial charge >= 0.3 is 0 Å². The summed E-state index contributed by atoms with van der Waals surface area (Å²) in [4.78, 5) is 28.1. The van der Waals surface area contributed by atoms with E-state index in [-0.39, 0.29) is 24.3 Å². The molecule has 1 fully saturated rings. The number of hydrogen-bond acceptors (Lipinski definition) is 6. The van der Waals surface area contributed by atoms with Gasteiger partial charge in [-0.15, -0.1) is 0 Å². The predicted octanol–water partition coefficient (Wildman–Crippen LogP) is 3.37. The summed E-state index contributed by atoms with van der Waals surface area (Å²) in [5.74, 6) is 0.462. The molecule has 0 aliphatic carbocycles. The molecule has 0 spiro atoms. The van der Waals surface area contributed by atoms with Crippen LogP contribution in [0.4, 0.5) is 0 Å². The predicted molar refractivity (Wildman–Crippen MR) is 129 cm³/mol. The second-order valence-electron chi connectivity index (χ2n) is 8.03. The highest BCUT2D eigenvalue weighted by atomic mass is 35.5. The summed E-state index contributed by atoms with van der Waals surface area (Å²) in [6.45, 7) is 1.69. The lowest BCUT2D eigenvalue weighted by Crippen LogP contribution is -2.36. The third kappa shape index (κ3) is 5.74. The molecular formula is C25H31ClN2O6. The minimum Gasteiger partial charge on any atom is -0.493 e. The third-order valence-electron chi connectivity index (χ3n) is 5.96. The topological polar surface area (TPSA) is 86.3 Å². The molecule has 2 amide bonds. The minimum absolute atomic E-state index is 0.115. The van der Waals surface area contributed by atoms with Crippen molar-refractivity contribution in [2.45, 2.75) is 12.3 Å². The summed E-state index contributed by atoms with van der Waals surface area (Å²) in [5.41, 5.74) is 1.31. The molecule has 184 valence electrons. The van der Waals surface area contributed by atoms with Crippen LogP contribution >= 0.6 is 11.6 Å². The maximum atomic E-state index is 13.2. The Morgan fingerprint density at radius 2 is 1.74 bits per heavy atom. The van der Waals surface area contributed by atoms with Gasteiger partial charge in [-0.1, -0.05) is 17.7 Å². The van der Waals surface area contributed by atoms with E-state index in [0.717, 1.165) is 5.56 Å². The van der Waals surface area contributed by atoms with Gasteiger partial charge in [-0.05, 0) is 42.3 Å². The van der Waals surface area contributed by atoms with E-state index < -0.39 is 5.92 Å². The Kier molecular flexibility index (Phi) is 9.01. The Labute approximate surface area is 205 Å². The molecule has 2 aromatic carbocycles. The van der Waals surface area contributed by atoms with Gasteiger partial charge in [0, 0.05) is 49.9 Å². The number of hydrogen-bond donors (Lipinski definition) is 1. The number of benzene rings is 2. The summed E-state index contributed by atoms with van der Waals surface area (Å²) in [5, 5.41) is 3.47. The number of carbonyl (C=O) groups excluding carboxylic acids is 2. The fourth-order valence-electron chi connectivity index (χ4n) is 4.25. The maximum Gasteiger partial charge on any atom is 0.253 e. The number of nitrogens with one attached hydrogen (secondary N) is 1. The van der Waals surface area contributed by atoms with Crippen LogP contribution in [-0.2, 0) is 9.53 Å². The molecule has 1 aliphatic heterocycles. The normalized spacial score (nSPS) is 17.4. The number of halogens is 1. The van der Waals surface area contributed by atoms with Crippen LogP contribution in [-0.4, -0.2) is 71.4 Å². The summed E-state index contributed by atoms with van der Waals surface area (Å²) in [6, 6.07) is 10.5. The zero-order valence-corrected chi connectivity index (χ0v) is 20.7. The average molecular weight is 491 g/mol. The van der Waals surface area contributed by atoms with Crippen LogP contribution in [0.2, 0.25) is 5.02 Å². The van der Waals surface area contributed by atoms with E-state index in [2.05, 4.69) is 5.32 Å². The molecule has 8 nitrogen and oxygen atoms in total. The van der Waals surface area contributed by atoms with Crippen molar-refractivity contribution in [3.63, 3.8) is 0 Å². The highest BCUT2D eigenvalue weighted by Gasteiger charge is 2.41. The Hall–Kier alpha value is -2.97. The van der Waals surface area contributed by atoms with Crippen LogP contribution in [0.25, 0.3) is 0 Å². The molecule has 3 rings (SSSR count). The highest BCUT2D eigenvalue weighted by molar-refractivity contribution is 6.30. The number of carbonyl (C=O) groups is 2. The first-order valence-corrected chi connectivity index (χ1v) is 11.4. The molecule has 1 aliphatic rings. The zero-order chi connectivity index (χ0) is 24.7. The number of nitrogens with zero attached hydrogens (tertiary/aromatic N) is 1. The number of likely N-dealkylation sites (tertiary alicyclic amines) is 1. The van der Waals surface area contributed by atoms with E-state index in [4.69, 9.17) is 30.5 Å². The Morgan fingerprint density at radius 3 is 2.32 bits per heavy atom. The van der Waals surface area contributed by atoms with Gasteiger partial charge in [-0.3, -0.25) is 9.59 Å². The van der Waals surface area contributed by atoms with Gasteiger partial charge in [0.15, 0.2) is 11.5 Å². The van der Waals surface area contributed by atoms with Crippen molar-refractivity contribution < 1.29 is 28.5 Å². The summed E-state index contributed by atoms with van der Waals surface area (Å²) in [6.07, 6.45) is 0.703.